The summed E-state index contributed by atoms with van der Waals surface area (Å²) in [4.78, 5) is 11.8. The van der Waals surface area contributed by atoms with Crippen molar-refractivity contribution in [1.82, 2.24) is 0 Å². The van der Waals surface area contributed by atoms with Gasteiger partial charge in [0, 0.05) is 12.5 Å². The third-order valence-corrected chi connectivity index (χ3v) is 2.94. The lowest BCUT2D eigenvalue weighted by atomic mass is 9.89. The number of hydrogen-bond acceptors (Lipinski definition) is 2. The Morgan fingerprint density at radius 2 is 2.17 bits per heavy atom. The van der Waals surface area contributed by atoms with E-state index in [2.05, 4.69) is 0 Å². The monoisotopic (exact) mass is 168 g/mol. The molecule has 68 valence electrons. The van der Waals surface area contributed by atoms with Crippen molar-refractivity contribution < 1.29 is 9.53 Å². The number of carbonyl (C=O) groups excluding carboxylic acids is 1. The highest BCUT2D eigenvalue weighted by molar-refractivity contribution is 5.90. The number of rotatable bonds is 2. The van der Waals surface area contributed by atoms with Crippen LogP contribution in [-0.2, 0) is 9.53 Å². The zero-order chi connectivity index (χ0) is 8.60. The Kier molecular flexibility index (Phi) is 1.95. The van der Waals surface area contributed by atoms with Gasteiger partial charge >= 0.3 is 0 Å². The zero-order valence-corrected chi connectivity index (χ0v) is 7.64. The molecule has 0 aromatic heterocycles. The van der Waals surface area contributed by atoms with E-state index in [-0.39, 0.29) is 0 Å². The van der Waals surface area contributed by atoms with Gasteiger partial charge in [-0.3, -0.25) is 4.79 Å². The first-order valence-electron chi connectivity index (χ1n) is 4.91. The van der Waals surface area contributed by atoms with Crippen molar-refractivity contribution in [3.05, 3.63) is 0 Å². The van der Waals surface area contributed by atoms with Gasteiger partial charge in [-0.1, -0.05) is 0 Å². The van der Waals surface area contributed by atoms with Gasteiger partial charge in [-0.25, -0.2) is 0 Å². The van der Waals surface area contributed by atoms with E-state index in [9.17, 15) is 4.79 Å². The fourth-order valence-electron chi connectivity index (χ4n) is 1.91. The van der Waals surface area contributed by atoms with Crippen LogP contribution in [0.25, 0.3) is 0 Å². The van der Waals surface area contributed by atoms with Crippen LogP contribution in [0, 0.1) is 5.92 Å². The molecule has 0 spiro atoms. The molecule has 0 N–H and O–H groups in total. The van der Waals surface area contributed by atoms with Crippen molar-refractivity contribution in [3.8, 4) is 0 Å². The molecule has 0 aromatic rings. The average molecular weight is 168 g/mol. The fraction of sp³-hybridized carbons (Fsp3) is 0.900. The molecule has 1 aliphatic carbocycles. The second-order valence-corrected chi connectivity index (χ2v) is 4.17. The SMILES string of the molecule is CC1(C(=O)C2CC2)CCCCO1. The molecule has 2 nitrogen and oxygen atoms in total. The highest BCUT2D eigenvalue weighted by Crippen LogP contribution is 2.38. The van der Waals surface area contributed by atoms with Crippen LogP contribution in [0.15, 0.2) is 0 Å². The Balaban J connectivity index is 2.01. The summed E-state index contributed by atoms with van der Waals surface area (Å²) in [5.41, 5.74) is -0.417. The minimum absolute atomic E-state index is 0.341. The Labute approximate surface area is 73.3 Å². The van der Waals surface area contributed by atoms with Crippen LogP contribution < -0.4 is 0 Å². The molecule has 1 atom stereocenters. The van der Waals surface area contributed by atoms with Gasteiger partial charge in [0.1, 0.15) is 5.60 Å². The topological polar surface area (TPSA) is 26.3 Å². The van der Waals surface area contributed by atoms with Crippen molar-refractivity contribution in [1.29, 1.82) is 0 Å². The van der Waals surface area contributed by atoms with Crippen molar-refractivity contribution in [3.63, 3.8) is 0 Å². The van der Waals surface area contributed by atoms with Crippen LogP contribution in [0.4, 0.5) is 0 Å². The largest absolute Gasteiger partial charge is 0.367 e. The molecular weight excluding hydrogens is 152 g/mol. The van der Waals surface area contributed by atoms with E-state index < -0.39 is 5.60 Å². The molecule has 1 aliphatic heterocycles. The molecule has 12 heavy (non-hydrogen) atoms. The van der Waals surface area contributed by atoms with Gasteiger partial charge in [-0.2, -0.15) is 0 Å². The Bertz CT molecular complexity index is 188. The van der Waals surface area contributed by atoms with E-state index >= 15 is 0 Å². The summed E-state index contributed by atoms with van der Waals surface area (Å²) in [6.45, 7) is 2.74. The molecule has 1 saturated carbocycles. The van der Waals surface area contributed by atoms with Crippen LogP contribution in [-0.4, -0.2) is 18.0 Å². The Morgan fingerprint density at radius 3 is 2.67 bits per heavy atom. The van der Waals surface area contributed by atoms with Crippen LogP contribution in [0.1, 0.15) is 39.0 Å². The van der Waals surface area contributed by atoms with E-state index in [1.807, 2.05) is 6.92 Å². The maximum atomic E-state index is 11.8. The van der Waals surface area contributed by atoms with Gasteiger partial charge in [0.15, 0.2) is 5.78 Å². The number of hydrogen-bond donors (Lipinski definition) is 0. The van der Waals surface area contributed by atoms with Gasteiger partial charge in [-0.05, 0) is 39.0 Å². The standard InChI is InChI=1S/C10H16O2/c1-10(6-2-3-7-12-10)9(11)8-4-5-8/h8H,2-7H2,1H3. The van der Waals surface area contributed by atoms with Crippen molar-refractivity contribution >= 4 is 5.78 Å². The first-order chi connectivity index (χ1) is 5.72. The van der Waals surface area contributed by atoms with Gasteiger partial charge in [-0.15, -0.1) is 0 Å². The molecule has 0 bridgehead atoms. The summed E-state index contributed by atoms with van der Waals surface area (Å²) in [6.07, 6.45) is 5.39. The molecule has 2 rings (SSSR count). The normalized spacial score (nSPS) is 36.4. The lowest BCUT2D eigenvalue weighted by molar-refractivity contribution is -0.149. The summed E-state index contributed by atoms with van der Waals surface area (Å²) < 4.78 is 5.58. The molecule has 1 heterocycles. The summed E-state index contributed by atoms with van der Waals surface area (Å²) in [5.74, 6) is 0.704. The molecule has 0 amide bonds. The van der Waals surface area contributed by atoms with E-state index in [1.54, 1.807) is 0 Å². The predicted molar refractivity (Wildman–Crippen MR) is 45.9 cm³/mol. The third-order valence-electron chi connectivity index (χ3n) is 2.94. The van der Waals surface area contributed by atoms with Gasteiger partial charge in [0.2, 0.25) is 0 Å². The quantitative estimate of drug-likeness (QED) is 0.629. The molecule has 1 saturated heterocycles. The number of carbonyl (C=O) groups is 1. The van der Waals surface area contributed by atoms with Crippen LogP contribution in [0.2, 0.25) is 0 Å². The third kappa shape index (κ3) is 1.40. The fourth-order valence-corrected chi connectivity index (χ4v) is 1.91. The maximum absolute atomic E-state index is 11.8. The molecule has 2 heteroatoms. The van der Waals surface area contributed by atoms with Gasteiger partial charge in [0.05, 0.1) is 0 Å². The van der Waals surface area contributed by atoms with Crippen LogP contribution in [0.5, 0.6) is 0 Å². The summed E-state index contributed by atoms with van der Waals surface area (Å²) in [7, 11) is 0. The maximum Gasteiger partial charge on any atom is 0.167 e. The van der Waals surface area contributed by atoms with Crippen molar-refractivity contribution in [2.24, 2.45) is 5.92 Å². The average Bonchev–Trinajstić information content (AvgIpc) is 2.87. The minimum Gasteiger partial charge on any atom is -0.367 e. The lowest BCUT2D eigenvalue weighted by Gasteiger charge is -2.32. The molecule has 0 radical (unpaired) electrons. The highest BCUT2D eigenvalue weighted by atomic mass is 16.5. The second kappa shape index (κ2) is 2.84. The summed E-state index contributed by atoms with van der Waals surface area (Å²) in [5, 5.41) is 0. The number of Topliss-reactive ketones (excluding diaryl/α,β-unsaturated/α-hetero) is 1. The highest BCUT2D eigenvalue weighted by Gasteiger charge is 2.43. The number of ketones is 1. The summed E-state index contributed by atoms with van der Waals surface area (Å²) >= 11 is 0. The molecule has 0 aromatic carbocycles. The van der Waals surface area contributed by atoms with Crippen molar-refractivity contribution in [2.75, 3.05) is 6.61 Å². The van der Waals surface area contributed by atoms with E-state index in [0.717, 1.165) is 38.7 Å². The summed E-state index contributed by atoms with van der Waals surface area (Å²) in [6, 6.07) is 0. The first kappa shape index (κ1) is 8.24. The van der Waals surface area contributed by atoms with Gasteiger partial charge < -0.3 is 4.74 Å². The smallest absolute Gasteiger partial charge is 0.167 e. The Morgan fingerprint density at radius 1 is 1.42 bits per heavy atom. The lowest BCUT2D eigenvalue weighted by Crippen LogP contribution is -2.42. The molecule has 2 fully saturated rings. The van der Waals surface area contributed by atoms with Gasteiger partial charge in [0.25, 0.3) is 0 Å². The van der Waals surface area contributed by atoms with Crippen LogP contribution >= 0.6 is 0 Å². The van der Waals surface area contributed by atoms with Crippen LogP contribution in [0.3, 0.4) is 0 Å². The first-order valence-corrected chi connectivity index (χ1v) is 4.91. The number of ether oxygens (including phenoxy) is 1. The predicted octanol–water partition coefficient (Wildman–Crippen LogP) is 1.92. The molecule has 2 aliphatic rings. The Hall–Kier alpha value is -0.370. The van der Waals surface area contributed by atoms with E-state index in [4.69, 9.17) is 4.74 Å². The van der Waals surface area contributed by atoms with Crippen molar-refractivity contribution in [2.45, 2.75) is 44.6 Å². The molecule has 1 unspecified atom stereocenters. The minimum atomic E-state index is -0.417. The molecular formula is C10H16O2. The van der Waals surface area contributed by atoms with E-state index in [0.29, 0.717) is 11.7 Å². The second-order valence-electron chi connectivity index (χ2n) is 4.17. The van der Waals surface area contributed by atoms with E-state index in [1.165, 1.54) is 0 Å². The zero-order valence-electron chi connectivity index (χ0n) is 7.64.